The third kappa shape index (κ3) is 3.48. The molecule has 1 aliphatic carbocycles. The van der Waals surface area contributed by atoms with Gasteiger partial charge in [-0.15, -0.1) is 0 Å². The Balaban J connectivity index is 1.74. The van der Waals surface area contributed by atoms with Crippen molar-refractivity contribution in [3.05, 3.63) is 65.5 Å². The van der Waals surface area contributed by atoms with Gasteiger partial charge in [0.1, 0.15) is 24.2 Å². The van der Waals surface area contributed by atoms with Crippen LogP contribution in [0.2, 0.25) is 0 Å². The molecule has 3 nitrogen and oxygen atoms in total. The van der Waals surface area contributed by atoms with Gasteiger partial charge in [-0.05, 0) is 31.0 Å². The lowest BCUT2D eigenvalue weighted by Crippen LogP contribution is -3.13. The lowest BCUT2D eigenvalue weighted by atomic mass is 9.66. The zero-order valence-corrected chi connectivity index (χ0v) is 16.0. The minimum atomic E-state index is -0.609. The highest BCUT2D eigenvalue weighted by Crippen LogP contribution is 2.45. The van der Waals surface area contributed by atoms with Crippen LogP contribution in [0, 0.1) is 11.7 Å². The Bertz CT molecular complexity index is 795. The van der Waals surface area contributed by atoms with E-state index in [1.54, 1.807) is 13.2 Å². The monoisotopic (exact) mass is 370 g/mol. The Labute approximate surface area is 160 Å². The molecule has 0 amide bonds. The maximum atomic E-state index is 14.3. The molecule has 144 valence electrons. The fourth-order valence-corrected chi connectivity index (χ4v) is 5.30. The van der Waals surface area contributed by atoms with Gasteiger partial charge in [0.15, 0.2) is 0 Å². The smallest absolute Gasteiger partial charge is 0.132 e. The first-order valence-electron chi connectivity index (χ1n) is 10.1. The van der Waals surface area contributed by atoms with E-state index in [0.717, 1.165) is 55.5 Å². The van der Waals surface area contributed by atoms with Crippen LogP contribution in [-0.4, -0.2) is 24.4 Å². The van der Waals surface area contributed by atoms with Gasteiger partial charge < -0.3 is 14.7 Å². The molecule has 1 unspecified atom stereocenters. The van der Waals surface area contributed by atoms with Gasteiger partial charge in [0.05, 0.1) is 24.8 Å². The number of para-hydroxylation sites is 1. The number of hydrogen-bond acceptors (Lipinski definition) is 2. The Kier molecular flexibility index (Phi) is 5.20. The number of piperidine rings is 1. The SMILES string of the molecule is COc1ccccc1[C@@H]1[C@H]2CCCC[C@]2(O)CC[NH+]1Cc1ccccc1F. The minimum Gasteiger partial charge on any atom is -0.496 e. The Morgan fingerprint density at radius 1 is 1.11 bits per heavy atom. The Morgan fingerprint density at radius 3 is 2.70 bits per heavy atom. The van der Waals surface area contributed by atoms with E-state index in [2.05, 4.69) is 6.07 Å². The van der Waals surface area contributed by atoms with E-state index in [4.69, 9.17) is 4.74 Å². The number of likely N-dealkylation sites (tertiary alicyclic amines) is 1. The summed E-state index contributed by atoms with van der Waals surface area (Å²) in [5.41, 5.74) is 1.27. The van der Waals surface area contributed by atoms with Gasteiger partial charge in [0, 0.05) is 17.9 Å². The molecule has 0 bridgehead atoms. The summed E-state index contributed by atoms with van der Waals surface area (Å²) in [4.78, 5) is 1.32. The van der Waals surface area contributed by atoms with Crippen molar-refractivity contribution in [2.24, 2.45) is 5.92 Å². The molecule has 2 aromatic rings. The molecule has 2 fully saturated rings. The summed E-state index contributed by atoms with van der Waals surface area (Å²) in [5, 5.41) is 11.4. The third-order valence-corrected chi connectivity index (χ3v) is 6.64. The normalized spacial score (nSPS) is 30.6. The molecule has 4 heteroatoms. The van der Waals surface area contributed by atoms with Crippen LogP contribution in [0.25, 0.3) is 0 Å². The second-order valence-electron chi connectivity index (χ2n) is 8.10. The lowest BCUT2D eigenvalue weighted by Gasteiger charge is -2.50. The molecule has 2 aliphatic rings. The highest BCUT2D eigenvalue weighted by atomic mass is 19.1. The van der Waals surface area contributed by atoms with Crippen LogP contribution in [-0.2, 0) is 6.54 Å². The third-order valence-electron chi connectivity index (χ3n) is 6.64. The molecular weight excluding hydrogens is 341 g/mol. The number of hydrogen-bond donors (Lipinski definition) is 2. The maximum absolute atomic E-state index is 14.3. The van der Waals surface area contributed by atoms with Crippen molar-refractivity contribution in [2.75, 3.05) is 13.7 Å². The summed E-state index contributed by atoms with van der Waals surface area (Å²) in [6.07, 6.45) is 4.91. The van der Waals surface area contributed by atoms with Crippen molar-refractivity contribution < 1.29 is 19.1 Å². The molecule has 1 aliphatic heterocycles. The molecule has 4 atom stereocenters. The van der Waals surface area contributed by atoms with E-state index in [1.165, 1.54) is 11.0 Å². The van der Waals surface area contributed by atoms with E-state index >= 15 is 0 Å². The molecule has 1 saturated heterocycles. The fraction of sp³-hybridized carbons (Fsp3) is 0.478. The summed E-state index contributed by atoms with van der Waals surface area (Å²) in [6.45, 7) is 1.46. The molecule has 1 saturated carbocycles. The molecule has 2 N–H and O–H groups in total. The van der Waals surface area contributed by atoms with Crippen LogP contribution in [0.1, 0.15) is 49.3 Å². The summed E-state index contributed by atoms with van der Waals surface area (Å²) in [6, 6.07) is 15.3. The number of ether oxygens (including phenoxy) is 1. The van der Waals surface area contributed by atoms with Gasteiger partial charge in [-0.2, -0.15) is 0 Å². The number of nitrogens with one attached hydrogen (secondary N) is 1. The number of fused-ring (bicyclic) bond motifs is 1. The first kappa shape index (κ1) is 18.5. The van der Waals surface area contributed by atoms with E-state index in [0.29, 0.717) is 6.54 Å². The summed E-state index contributed by atoms with van der Waals surface area (Å²) in [7, 11) is 1.70. The van der Waals surface area contributed by atoms with Gasteiger partial charge in [-0.3, -0.25) is 0 Å². The number of methoxy groups -OCH3 is 1. The van der Waals surface area contributed by atoms with Crippen molar-refractivity contribution in [1.29, 1.82) is 0 Å². The second-order valence-corrected chi connectivity index (χ2v) is 8.10. The topological polar surface area (TPSA) is 33.9 Å². The van der Waals surface area contributed by atoms with E-state index in [9.17, 15) is 9.50 Å². The van der Waals surface area contributed by atoms with Gasteiger partial charge >= 0.3 is 0 Å². The van der Waals surface area contributed by atoms with Gasteiger partial charge in [0.25, 0.3) is 0 Å². The molecule has 2 aromatic carbocycles. The van der Waals surface area contributed by atoms with E-state index in [1.807, 2.05) is 30.3 Å². The average Bonchev–Trinajstić information content (AvgIpc) is 2.69. The van der Waals surface area contributed by atoms with Gasteiger partial charge in [-0.1, -0.05) is 43.2 Å². The number of rotatable bonds is 4. The van der Waals surface area contributed by atoms with Crippen LogP contribution in [0.15, 0.2) is 48.5 Å². The highest BCUT2D eigenvalue weighted by molar-refractivity contribution is 5.36. The van der Waals surface area contributed by atoms with E-state index < -0.39 is 5.60 Å². The number of quaternary nitrogens is 1. The highest BCUT2D eigenvalue weighted by Gasteiger charge is 2.52. The predicted octanol–water partition coefficient (Wildman–Crippen LogP) is 3.29. The molecule has 27 heavy (non-hydrogen) atoms. The fourth-order valence-electron chi connectivity index (χ4n) is 5.30. The zero-order chi connectivity index (χ0) is 18.9. The predicted molar refractivity (Wildman–Crippen MR) is 103 cm³/mol. The van der Waals surface area contributed by atoms with Crippen LogP contribution >= 0.6 is 0 Å². The lowest BCUT2D eigenvalue weighted by molar-refractivity contribution is -0.958. The Hall–Kier alpha value is -1.91. The summed E-state index contributed by atoms with van der Waals surface area (Å²) in [5.74, 6) is 0.898. The second kappa shape index (κ2) is 7.61. The maximum Gasteiger partial charge on any atom is 0.132 e. The largest absolute Gasteiger partial charge is 0.496 e. The first-order valence-corrected chi connectivity index (χ1v) is 10.1. The molecule has 0 radical (unpaired) electrons. The molecular formula is C23H29FNO2+. The molecule has 1 heterocycles. The number of halogens is 1. The van der Waals surface area contributed by atoms with Gasteiger partial charge in [0.2, 0.25) is 0 Å². The van der Waals surface area contributed by atoms with Gasteiger partial charge in [-0.25, -0.2) is 4.39 Å². The average molecular weight is 370 g/mol. The summed E-state index contributed by atoms with van der Waals surface area (Å²) >= 11 is 0. The molecule has 4 rings (SSSR count). The van der Waals surface area contributed by atoms with Crippen molar-refractivity contribution in [3.63, 3.8) is 0 Å². The first-order chi connectivity index (χ1) is 13.1. The standard InChI is InChI=1S/C23H28FNO2/c1-27-21-12-5-3-9-18(21)22-19-10-6-7-13-23(19,26)14-15-25(22)16-17-8-2-4-11-20(17)24/h2-5,8-9,11-12,19,22,26H,6-7,10,13-16H2,1H3/p+1/t19-,22-,23+/m1/s1. The van der Waals surface area contributed by atoms with E-state index in [-0.39, 0.29) is 17.8 Å². The van der Waals surface area contributed by atoms with Crippen molar-refractivity contribution >= 4 is 0 Å². The Morgan fingerprint density at radius 2 is 1.89 bits per heavy atom. The quantitative estimate of drug-likeness (QED) is 0.866. The minimum absolute atomic E-state index is 0.111. The number of benzene rings is 2. The summed E-state index contributed by atoms with van der Waals surface area (Å²) < 4.78 is 20.0. The van der Waals surface area contributed by atoms with Crippen LogP contribution in [0.3, 0.4) is 0 Å². The van der Waals surface area contributed by atoms with Crippen LogP contribution in [0.5, 0.6) is 5.75 Å². The van der Waals surface area contributed by atoms with Crippen LogP contribution in [0.4, 0.5) is 4.39 Å². The van der Waals surface area contributed by atoms with Crippen molar-refractivity contribution in [3.8, 4) is 5.75 Å². The molecule has 0 aromatic heterocycles. The van der Waals surface area contributed by atoms with Crippen molar-refractivity contribution in [1.82, 2.24) is 0 Å². The zero-order valence-electron chi connectivity index (χ0n) is 16.0. The number of aliphatic hydroxyl groups is 1. The van der Waals surface area contributed by atoms with Crippen molar-refractivity contribution in [2.45, 2.75) is 50.3 Å². The molecule has 0 spiro atoms. The van der Waals surface area contributed by atoms with Crippen LogP contribution < -0.4 is 9.64 Å².